The molecule has 3 atom stereocenters. The first kappa shape index (κ1) is 18.3. The fourth-order valence-electron chi connectivity index (χ4n) is 2.89. The number of hydrogen-bond donors (Lipinski definition) is 2. The summed E-state index contributed by atoms with van der Waals surface area (Å²) < 4.78 is 0. The van der Waals surface area contributed by atoms with Gasteiger partial charge in [0.1, 0.15) is 0 Å². The summed E-state index contributed by atoms with van der Waals surface area (Å²) in [5, 5.41) is 11.6. The van der Waals surface area contributed by atoms with Gasteiger partial charge in [-0.05, 0) is 44.5 Å². The lowest BCUT2D eigenvalue weighted by atomic mass is 10.0. The van der Waals surface area contributed by atoms with Crippen LogP contribution in [0.5, 0.6) is 0 Å². The lowest BCUT2D eigenvalue weighted by Gasteiger charge is -2.26. The number of carbonyl (C=O) groups excluding carboxylic acids is 2. The summed E-state index contributed by atoms with van der Waals surface area (Å²) in [5.41, 5.74) is 0.711. The van der Waals surface area contributed by atoms with Crippen molar-refractivity contribution in [2.75, 3.05) is 11.9 Å². The van der Waals surface area contributed by atoms with Crippen molar-refractivity contribution in [2.45, 2.75) is 43.4 Å². The molecule has 1 aliphatic rings. The van der Waals surface area contributed by atoms with Crippen LogP contribution in [0.15, 0.2) is 29.2 Å². The Balaban J connectivity index is 1.96. The van der Waals surface area contributed by atoms with E-state index in [0.29, 0.717) is 18.7 Å². The number of nitrogens with one attached hydrogen (secondary N) is 1. The van der Waals surface area contributed by atoms with Gasteiger partial charge >= 0.3 is 5.97 Å². The van der Waals surface area contributed by atoms with Gasteiger partial charge in [0.25, 0.3) is 0 Å². The van der Waals surface area contributed by atoms with Crippen LogP contribution in [0, 0.1) is 5.92 Å². The Morgan fingerprint density at radius 2 is 1.92 bits per heavy atom. The topological polar surface area (TPSA) is 86.7 Å². The number of rotatable bonds is 5. The molecule has 1 heterocycles. The first-order valence-corrected chi connectivity index (χ1v) is 8.75. The molecule has 0 aromatic heterocycles. The first-order chi connectivity index (χ1) is 11.3. The van der Waals surface area contributed by atoms with Gasteiger partial charge in [-0.25, -0.2) is 0 Å². The fourth-order valence-corrected chi connectivity index (χ4v) is 3.83. The van der Waals surface area contributed by atoms with Gasteiger partial charge in [0.05, 0.1) is 11.2 Å². The Bertz CT molecular complexity index is 632. The molecule has 0 spiro atoms. The van der Waals surface area contributed by atoms with Gasteiger partial charge in [-0.15, -0.1) is 11.8 Å². The first-order valence-electron chi connectivity index (χ1n) is 7.87. The molecule has 130 valence electrons. The average Bonchev–Trinajstić information content (AvgIpc) is 2.89. The third-order valence-corrected chi connectivity index (χ3v) is 5.29. The van der Waals surface area contributed by atoms with Crippen molar-refractivity contribution in [1.82, 2.24) is 4.90 Å². The molecule has 7 heteroatoms. The maximum Gasteiger partial charge on any atom is 0.308 e. The molecule has 1 aromatic carbocycles. The molecule has 1 aliphatic heterocycles. The summed E-state index contributed by atoms with van der Waals surface area (Å²) >= 11 is 1.43. The number of amides is 2. The van der Waals surface area contributed by atoms with Gasteiger partial charge in [-0.2, -0.15) is 0 Å². The number of benzene rings is 1. The third kappa shape index (κ3) is 4.29. The molecular formula is C17H22N2O4S. The number of aliphatic carboxylic acids is 1. The standard InChI is InChI=1S/C17H22N2O4S/c1-10-15(17(22)23)8-9-19(10)16(21)11(2)24-14-6-4-13(5-7-14)18-12(3)20/h4-7,10-11,15H,8-9H2,1-3H3,(H,18,20)(H,22,23). The highest BCUT2D eigenvalue weighted by atomic mass is 32.2. The van der Waals surface area contributed by atoms with Crippen molar-refractivity contribution >= 4 is 35.2 Å². The Kier molecular flexibility index (Phi) is 5.88. The maximum absolute atomic E-state index is 12.6. The van der Waals surface area contributed by atoms with E-state index in [0.717, 1.165) is 4.90 Å². The summed E-state index contributed by atoms with van der Waals surface area (Å²) in [5.74, 6) is -1.49. The second kappa shape index (κ2) is 7.70. The molecule has 0 radical (unpaired) electrons. The number of carbonyl (C=O) groups is 3. The average molecular weight is 350 g/mol. The van der Waals surface area contributed by atoms with E-state index in [4.69, 9.17) is 0 Å². The van der Waals surface area contributed by atoms with Crippen molar-refractivity contribution in [3.05, 3.63) is 24.3 Å². The second-order valence-corrected chi connectivity index (χ2v) is 7.39. The van der Waals surface area contributed by atoms with Gasteiger partial charge in [0.15, 0.2) is 0 Å². The molecule has 1 aromatic rings. The highest BCUT2D eigenvalue weighted by Gasteiger charge is 2.39. The minimum Gasteiger partial charge on any atom is -0.481 e. The minimum atomic E-state index is -0.841. The number of carboxylic acid groups (broad SMARTS) is 1. The van der Waals surface area contributed by atoms with Crippen molar-refractivity contribution in [3.63, 3.8) is 0 Å². The highest BCUT2D eigenvalue weighted by Crippen LogP contribution is 2.30. The van der Waals surface area contributed by atoms with Gasteiger partial charge in [-0.1, -0.05) is 0 Å². The van der Waals surface area contributed by atoms with Crippen molar-refractivity contribution in [2.24, 2.45) is 5.92 Å². The lowest BCUT2D eigenvalue weighted by Crippen LogP contribution is -2.41. The Morgan fingerprint density at radius 3 is 2.42 bits per heavy atom. The molecule has 0 bridgehead atoms. The smallest absolute Gasteiger partial charge is 0.308 e. The minimum absolute atomic E-state index is 0.0396. The predicted octanol–water partition coefficient (Wildman–Crippen LogP) is 2.45. The Hall–Kier alpha value is -2.02. The molecular weight excluding hydrogens is 328 g/mol. The summed E-state index contributed by atoms with van der Waals surface area (Å²) in [6.07, 6.45) is 0.505. The van der Waals surface area contributed by atoms with Crippen LogP contribution >= 0.6 is 11.8 Å². The van der Waals surface area contributed by atoms with E-state index in [9.17, 15) is 19.5 Å². The highest BCUT2D eigenvalue weighted by molar-refractivity contribution is 8.00. The van der Waals surface area contributed by atoms with E-state index in [2.05, 4.69) is 5.32 Å². The summed E-state index contributed by atoms with van der Waals surface area (Å²) in [4.78, 5) is 37.4. The van der Waals surface area contributed by atoms with Crippen molar-refractivity contribution in [1.29, 1.82) is 0 Å². The number of thioether (sulfide) groups is 1. The molecule has 2 amide bonds. The van der Waals surface area contributed by atoms with Crippen LogP contribution in [0.2, 0.25) is 0 Å². The zero-order valence-corrected chi connectivity index (χ0v) is 14.8. The molecule has 24 heavy (non-hydrogen) atoms. The van der Waals surface area contributed by atoms with E-state index in [1.807, 2.05) is 19.1 Å². The number of anilines is 1. The fraction of sp³-hybridized carbons (Fsp3) is 0.471. The molecule has 2 rings (SSSR count). The van der Waals surface area contributed by atoms with Crippen LogP contribution in [0.4, 0.5) is 5.69 Å². The van der Waals surface area contributed by atoms with Crippen LogP contribution in [0.1, 0.15) is 27.2 Å². The maximum atomic E-state index is 12.6. The number of likely N-dealkylation sites (tertiary alicyclic amines) is 1. The monoisotopic (exact) mass is 350 g/mol. The number of hydrogen-bond acceptors (Lipinski definition) is 4. The van der Waals surface area contributed by atoms with E-state index < -0.39 is 11.9 Å². The van der Waals surface area contributed by atoms with Crippen LogP contribution in [-0.4, -0.2) is 45.6 Å². The van der Waals surface area contributed by atoms with Crippen LogP contribution in [0.25, 0.3) is 0 Å². The van der Waals surface area contributed by atoms with E-state index in [-0.39, 0.29) is 23.1 Å². The molecule has 2 N–H and O–H groups in total. The zero-order chi connectivity index (χ0) is 17.9. The Labute approximate surface area is 145 Å². The van der Waals surface area contributed by atoms with Gasteiger partial charge < -0.3 is 15.3 Å². The molecule has 0 aliphatic carbocycles. The number of nitrogens with zero attached hydrogens (tertiary/aromatic N) is 1. The molecule has 1 fully saturated rings. The Morgan fingerprint density at radius 1 is 1.29 bits per heavy atom. The van der Waals surface area contributed by atoms with E-state index in [1.54, 1.807) is 24.0 Å². The van der Waals surface area contributed by atoms with Gasteiger partial charge in [-0.3, -0.25) is 14.4 Å². The van der Waals surface area contributed by atoms with Crippen LogP contribution in [-0.2, 0) is 14.4 Å². The van der Waals surface area contributed by atoms with Crippen LogP contribution < -0.4 is 5.32 Å². The van der Waals surface area contributed by atoms with Crippen LogP contribution in [0.3, 0.4) is 0 Å². The second-order valence-electron chi connectivity index (χ2n) is 5.97. The molecule has 6 nitrogen and oxygen atoms in total. The SMILES string of the molecule is CC(=O)Nc1ccc(SC(C)C(=O)N2CCC(C(=O)O)C2C)cc1. The summed E-state index contributed by atoms with van der Waals surface area (Å²) in [6, 6.07) is 7.01. The molecule has 0 saturated carbocycles. The predicted molar refractivity (Wildman–Crippen MR) is 93.0 cm³/mol. The normalized spacial score (nSPS) is 21.4. The van der Waals surface area contributed by atoms with E-state index in [1.165, 1.54) is 18.7 Å². The quantitative estimate of drug-likeness (QED) is 0.797. The van der Waals surface area contributed by atoms with Gasteiger partial charge in [0, 0.05) is 30.1 Å². The van der Waals surface area contributed by atoms with Crippen molar-refractivity contribution in [3.8, 4) is 0 Å². The van der Waals surface area contributed by atoms with Crippen molar-refractivity contribution < 1.29 is 19.5 Å². The summed E-state index contributed by atoms with van der Waals surface area (Å²) in [6.45, 7) is 5.56. The molecule has 1 saturated heterocycles. The van der Waals surface area contributed by atoms with Gasteiger partial charge in [0.2, 0.25) is 11.8 Å². The largest absolute Gasteiger partial charge is 0.481 e. The van der Waals surface area contributed by atoms with E-state index >= 15 is 0 Å². The third-order valence-electron chi connectivity index (χ3n) is 4.19. The zero-order valence-electron chi connectivity index (χ0n) is 14.0. The molecule has 3 unspecified atom stereocenters. The lowest BCUT2D eigenvalue weighted by molar-refractivity contribution is -0.143. The summed E-state index contributed by atoms with van der Waals surface area (Å²) in [7, 11) is 0. The number of carboxylic acids is 1.